The molecule has 0 spiro atoms. The quantitative estimate of drug-likeness (QED) is 0.687. The van der Waals surface area contributed by atoms with Crippen molar-refractivity contribution in [1.82, 2.24) is 15.1 Å². The molecule has 0 aliphatic carbocycles. The van der Waals surface area contributed by atoms with E-state index in [1.165, 1.54) is 31.4 Å². The van der Waals surface area contributed by atoms with Crippen molar-refractivity contribution in [1.29, 1.82) is 0 Å². The summed E-state index contributed by atoms with van der Waals surface area (Å²) in [4.78, 5) is 0. The minimum absolute atomic E-state index is 0.603. The smallest absolute Gasteiger partial charge is 0.0522 e. The molecule has 3 heteroatoms. The van der Waals surface area contributed by atoms with E-state index in [1.807, 2.05) is 10.9 Å². The molecule has 0 amide bonds. The summed E-state index contributed by atoms with van der Waals surface area (Å²) in [5.74, 6) is 0. The number of hydrogen-bond donors (Lipinski definition) is 1. The van der Waals surface area contributed by atoms with Crippen LogP contribution in [0.3, 0.4) is 0 Å². The van der Waals surface area contributed by atoms with E-state index in [0.717, 1.165) is 13.1 Å². The maximum Gasteiger partial charge on any atom is 0.0522 e. The summed E-state index contributed by atoms with van der Waals surface area (Å²) < 4.78 is 2.05. The van der Waals surface area contributed by atoms with Crippen LogP contribution in [-0.2, 0) is 13.1 Å². The number of unbranched alkanes of at least 4 members (excludes halogenated alkanes) is 2. The van der Waals surface area contributed by atoms with Crippen molar-refractivity contribution in [2.45, 2.75) is 65.6 Å². The number of nitrogens with zero attached hydrogens (tertiary/aromatic N) is 2. The van der Waals surface area contributed by atoms with Crippen molar-refractivity contribution in [3.63, 3.8) is 0 Å². The number of aryl methyl sites for hydroxylation is 1. The molecule has 92 valence electrons. The lowest BCUT2D eigenvalue weighted by Gasteiger charge is -2.14. The molecular formula is C13H25N3. The fraction of sp³-hybridized carbons (Fsp3) is 0.769. The predicted molar refractivity (Wildman–Crippen MR) is 68.3 cm³/mol. The van der Waals surface area contributed by atoms with E-state index in [-0.39, 0.29) is 0 Å². The van der Waals surface area contributed by atoms with Crippen LogP contribution in [0.15, 0.2) is 12.3 Å². The van der Waals surface area contributed by atoms with E-state index < -0.39 is 0 Å². The molecule has 0 bridgehead atoms. The Balaban J connectivity index is 2.23. The number of rotatable bonds is 8. The maximum atomic E-state index is 4.26. The number of hydrogen-bond acceptors (Lipinski definition) is 2. The van der Waals surface area contributed by atoms with Crippen molar-refractivity contribution in [3.05, 3.63) is 18.0 Å². The molecule has 0 aliphatic heterocycles. The van der Waals surface area contributed by atoms with E-state index in [4.69, 9.17) is 0 Å². The van der Waals surface area contributed by atoms with E-state index in [2.05, 4.69) is 37.3 Å². The summed E-state index contributed by atoms with van der Waals surface area (Å²) in [6.45, 7) is 8.52. The molecule has 1 aromatic rings. The second-order valence-electron chi connectivity index (χ2n) is 4.42. The predicted octanol–water partition coefficient (Wildman–Crippen LogP) is 2.96. The second kappa shape index (κ2) is 7.44. The highest BCUT2D eigenvalue weighted by molar-refractivity contribution is 5.00. The highest BCUT2D eigenvalue weighted by atomic mass is 15.3. The van der Waals surface area contributed by atoms with Crippen molar-refractivity contribution >= 4 is 0 Å². The summed E-state index contributed by atoms with van der Waals surface area (Å²) >= 11 is 0. The molecule has 0 radical (unpaired) electrons. The van der Waals surface area contributed by atoms with E-state index in [9.17, 15) is 0 Å². The normalized spacial score (nSPS) is 12.9. The Morgan fingerprint density at radius 2 is 2.19 bits per heavy atom. The molecule has 0 saturated heterocycles. The van der Waals surface area contributed by atoms with Gasteiger partial charge >= 0.3 is 0 Å². The van der Waals surface area contributed by atoms with Crippen molar-refractivity contribution < 1.29 is 0 Å². The third-order valence-corrected chi connectivity index (χ3v) is 2.98. The Morgan fingerprint density at radius 1 is 1.38 bits per heavy atom. The second-order valence-corrected chi connectivity index (χ2v) is 4.42. The Morgan fingerprint density at radius 3 is 2.88 bits per heavy atom. The van der Waals surface area contributed by atoms with Gasteiger partial charge in [0.1, 0.15) is 0 Å². The van der Waals surface area contributed by atoms with Gasteiger partial charge in [-0.2, -0.15) is 5.10 Å². The van der Waals surface area contributed by atoms with E-state index in [0.29, 0.717) is 6.04 Å². The molecule has 1 heterocycles. The Kier molecular flexibility index (Phi) is 6.16. The Hall–Kier alpha value is -0.830. The van der Waals surface area contributed by atoms with Gasteiger partial charge in [-0.05, 0) is 26.3 Å². The molecule has 1 rings (SSSR count). The first-order valence-corrected chi connectivity index (χ1v) is 6.52. The van der Waals surface area contributed by atoms with Gasteiger partial charge in [0.25, 0.3) is 0 Å². The third kappa shape index (κ3) is 4.35. The molecule has 0 aromatic carbocycles. The fourth-order valence-electron chi connectivity index (χ4n) is 1.88. The van der Waals surface area contributed by atoms with E-state index in [1.54, 1.807) is 0 Å². The summed E-state index contributed by atoms with van der Waals surface area (Å²) in [7, 11) is 0. The molecular weight excluding hydrogens is 198 g/mol. The van der Waals surface area contributed by atoms with Crippen LogP contribution in [0.5, 0.6) is 0 Å². The minimum Gasteiger partial charge on any atom is -0.309 e. The Bertz CT molecular complexity index is 280. The lowest BCUT2D eigenvalue weighted by atomic mass is 10.1. The molecule has 3 nitrogen and oxygen atoms in total. The first-order chi connectivity index (χ1) is 7.77. The third-order valence-electron chi connectivity index (χ3n) is 2.98. The van der Waals surface area contributed by atoms with Crippen LogP contribution in [0.2, 0.25) is 0 Å². The van der Waals surface area contributed by atoms with Crippen LogP contribution in [0.1, 0.15) is 52.1 Å². The highest BCUT2D eigenvalue weighted by Gasteiger charge is 2.04. The molecule has 1 aromatic heterocycles. The van der Waals surface area contributed by atoms with Crippen LogP contribution < -0.4 is 5.32 Å². The van der Waals surface area contributed by atoms with Gasteiger partial charge in [-0.3, -0.25) is 4.68 Å². The van der Waals surface area contributed by atoms with Crippen LogP contribution >= 0.6 is 0 Å². The van der Waals surface area contributed by atoms with Gasteiger partial charge in [0.15, 0.2) is 0 Å². The van der Waals surface area contributed by atoms with Crippen LogP contribution in [0.25, 0.3) is 0 Å². The monoisotopic (exact) mass is 223 g/mol. The van der Waals surface area contributed by atoms with Crippen LogP contribution in [-0.4, -0.2) is 15.8 Å². The number of aromatic nitrogens is 2. The van der Waals surface area contributed by atoms with Crippen molar-refractivity contribution in [3.8, 4) is 0 Å². The summed E-state index contributed by atoms with van der Waals surface area (Å²) in [5, 5.41) is 7.82. The van der Waals surface area contributed by atoms with Crippen molar-refractivity contribution in [2.75, 3.05) is 0 Å². The standard InChI is InChI=1S/C13H25N3/c1-4-6-7-8-12(3)14-11-13-9-10-15-16(13)5-2/h9-10,12,14H,4-8,11H2,1-3H3. The molecule has 0 fully saturated rings. The lowest BCUT2D eigenvalue weighted by Crippen LogP contribution is -2.26. The molecule has 1 unspecified atom stereocenters. The largest absolute Gasteiger partial charge is 0.309 e. The van der Waals surface area contributed by atoms with Gasteiger partial charge in [-0.25, -0.2) is 0 Å². The van der Waals surface area contributed by atoms with Gasteiger partial charge in [0, 0.05) is 25.3 Å². The molecule has 1 N–H and O–H groups in total. The summed E-state index contributed by atoms with van der Waals surface area (Å²) in [6, 6.07) is 2.70. The zero-order chi connectivity index (χ0) is 11.8. The van der Waals surface area contributed by atoms with Gasteiger partial charge in [-0.1, -0.05) is 26.2 Å². The van der Waals surface area contributed by atoms with E-state index >= 15 is 0 Å². The summed E-state index contributed by atoms with van der Waals surface area (Å²) in [6.07, 6.45) is 7.13. The van der Waals surface area contributed by atoms with Crippen molar-refractivity contribution in [2.24, 2.45) is 0 Å². The highest BCUT2D eigenvalue weighted by Crippen LogP contribution is 2.04. The van der Waals surface area contributed by atoms with Gasteiger partial charge < -0.3 is 5.32 Å². The average molecular weight is 223 g/mol. The molecule has 0 aliphatic rings. The fourth-order valence-corrected chi connectivity index (χ4v) is 1.88. The topological polar surface area (TPSA) is 29.9 Å². The minimum atomic E-state index is 0.603. The van der Waals surface area contributed by atoms with Gasteiger partial charge in [0.2, 0.25) is 0 Å². The molecule has 1 atom stereocenters. The first-order valence-electron chi connectivity index (χ1n) is 6.52. The summed E-state index contributed by atoms with van der Waals surface area (Å²) in [5.41, 5.74) is 1.28. The van der Waals surface area contributed by atoms with Crippen LogP contribution in [0, 0.1) is 0 Å². The maximum absolute atomic E-state index is 4.26. The molecule has 16 heavy (non-hydrogen) atoms. The number of nitrogens with one attached hydrogen (secondary N) is 1. The lowest BCUT2D eigenvalue weighted by molar-refractivity contribution is 0.472. The zero-order valence-electron chi connectivity index (χ0n) is 10.9. The first kappa shape index (κ1) is 13.2. The van der Waals surface area contributed by atoms with Gasteiger partial charge in [0.05, 0.1) is 5.69 Å². The Labute approximate surface area is 99.2 Å². The SMILES string of the molecule is CCCCCC(C)NCc1ccnn1CC. The zero-order valence-corrected chi connectivity index (χ0v) is 10.9. The van der Waals surface area contributed by atoms with Gasteiger partial charge in [-0.15, -0.1) is 0 Å². The van der Waals surface area contributed by atoms with Crippen LogP contribution in [0.4, 0.5) is 0 Å². The molecule has 0 saturated carbocycles. The average Bonchev–Trinajstić information content (AvgIpc) is 2.74.